The van der Waals surface area contributed by atoms with Gasteiger partial charge in [-0.1, -0.05) is 24.8 Å². The largest absolute Gasteiger partial charge is 0.497 e. The second kappa shape index (κ2) is 8.59. The fraction of sp³-hybridized carbons (Fsp3) is 0.381. The summed E-state index contributed by atoms with van der Waals surface area (Å²) >= 11 is 2.94. The molecule has 0 saturated heterocycles. The number of ether oxygens (including phenoxy) is 1. The number of carbonyl (C=O) groups excluding carboxylic acids is 1. The molecule has 0 bridgehead atoms. The van der Waals surface area contributed by atoms with E-state index in [1.807, 2.05) is 25.1 Å². The van der Waals surface area contributed by atoms with Gasteiger partial charge >= 0.3 is 0 Å². The van der Waals surface area contributed by atoms with Crippen molar-refractivity contribution in [1.29, 1.82) is 0 Å². The van der Waals surface area contributed by atoms with Crippen LogP contribution < -0.4 is 15.6 Å². The smallest absolute Gasteiger partial charge is 0.263 e. The van der Waals surface area contributed by atoms with E-state index < -0.39 is 0 Å². The van der Waals surface area contributed by atoms with Gasteiger partial charge in [0, 0.05) is 23.2 Å². The van der Waals surface area contributed by atoms with Gasteiger partial charge in [-0.05, 0) is 43.4 Å². The van der Waals surface area contributed by atoms with Crippen LogP contribution >= 0.6 is 23.1 Å². The normalized spacial score (nSPS) is 12.9. The Morgan fingerprint density at radius 3 is 3.03 bits per heavy atom. The molecule has 3 aromatic rings. The summed E-state index contributed by atoms with van der Waals surface area (Å²) in [6, 6.07) is 7.24. The van der Waals surface area contributed by atoms with Gasteiger partial charge in [0.05, 0.1) is 18.2 Å². The van der Waals surface area contributed by atoms with Gasteiger partial charge in [0.1, 0.15) is 10.6 Å². The minimum absolute atomic E-state index is 0.0342. The van der Waals surface area contributed by atoms with Crippen molar-refractivity contribution in [1.82, 2.24) is 9.55 Å². The van der Waals surface area contributed by atoms with Crippen molar-refractivity contribution in [2.75, 3.05) is 18.2 Å². The van der Waals surface area contributed by atoms with Crippen LogP contribution in [0.1, 0.15) is 30.2 Å². The van der Waals surface area contributed by atoms with Crippen LogP contribution in [0, 0.1) is 0 Å². The predicted octanol–water partition coefficient (Wildman–Crippen LogP) is 4.10. The number of carbonyl (C=O) groups is 1. The standard InChI is InChI=1S/C21H23N3O3S2/c1-3-10-24-20(26)18-15-8-5-9-16(15)29-19(18)23-21(24)28-12-17(25)22-13-6-4-7-14(11-13)27-2/h4,6-7,11H,3,5,8-10,12H2,1-2H3,(H,22,25). The maximum Gasteiger partial charge on any atom is 0.263 e. The molecule has 29 heavy (non-hydrogen) atoms. The Balaban J connectivity index is 1.56. The van der Waals surface area contributed by atoms with Crippen LogP contribution in [0.25, 0.3) is 10.2 Å². The molecule has 1 aliphatic carbocycles. The molecule has 1 N–H and O–H groups in total. The first-order valence-electron chi connectivity index (χ1n) is 9.72. The lowest BCUT2D eigenvalue weighted by molar-refractivity contribution is -0.113. The number of nitrogens with one attached hydrogen (secondary N) is 1. The molecule has 8 heteroatoms. The molecule has 0 fully saturated rings. The minimum atomic E-state index is -0.144. The highest BCUT2D eigenvalue weighted by Gasteiger charge is 2.23. The molecule has 0 atom stereocenters. The van der Waals surface area contributed by atoms with Gasteiger partial charge < -0.3 is 10.1 Å². The number of fused-ring (bicyclic) bond motifs is 3. The fourth-order valence-electron chi connectivity index (χ4n) is 3.62. The summed E-state index contributed by atoms with van der Waals surface area (Å²) in [7, 11) is 1.59. The van der Waals surface area contributed by atoms with Crippen molar-refractivity contribution in [3.63, 3.8) is 0 Å². The zero-order valence-corrected chi connectivity index (χ0v) is 18.1. The molecule has 0 unspecified atom stereocenters. The second-order valence-corrected chi connectivity index (χ2v) is 8.98. The van der Waals surface area contributed by atoms with Crippen LogP contribution in [-0.2, 0) is 24.2 Å². The summed E-state index contributed by atoms with van der Waals surface area (Å²) in [6.45, 7) is 2.64. The van der Waals surface area contributed by atoms with Crippen molar-refractivity contribution >= 4 is 44.9 Å². The molecule has 6 nitrogen and oxygen atoms in total. The molecule has 0 radical (unpaired) electrons. The number of amides is 1. The average Bonchev–Trinajstić information content (AvgIpc) is 3.30. The van der Waals surface area contributed by atoms with Crippen LogP contribution in [0.15, 0.2) is 34.2 Å². The van der Waals surface area contributed by atoms with E-state index >= 15 is 0 Å². The number of rotatable bonds is 7. The first kappa shape index (κ1) is 20.0. The highest BCUT2D eigenvalue weighted by molar-refractivity contribution is 7.99. The van der Waals surface area contributed by atoms with Crippen LogP contribution in [0.3, 0.4) is 0 Å². The van der Waals surface area contributed by atoms with E-state index in [9.17, 15) is 9.59 Å². The Morgan fingerprint density at radius 2 is 2.24 bits per heavy atom. The van der Waals surface area contributed by atoms with E-state index in [-0.39, 0.29) is 17.2 Å². The third kappa shape index (κ3) is 4.04. The number of benzene rings is 1. The summed E-state index contributed by atoms with van der Waals surface area (Å²) in [5, 5.41) is 4.28. The first-order chi connectivity index (χ1) is 14.1. The molecule has 0 spiro atoms. The average molecular weight is 430 g/mol. The molecule has 1 aliphatic rings. The van der Waals surface area contributed by atoms with Gasteiger partial charge in [0.15, 0.2) is 5.16 Å². The van der Waals surface area contributed by atoms with Crippen LogP contribution in [0.4, 0.5) is 5.69 Å². The number of aromatic nitrogens is 2. The summed E-state index contributed by atoms with van der Waals surface area (Å²) in [5.41, 5.74) is 1.91. The number of hydrogen-bond donors (Lipinski definition) is 1. The fourth-order valence-corrected chi connectivity index (χ4v) is 5.75. The summed E-state index contributed by atoms with van der Waals surface area (Å²) in [4.78, 5) is 32.5. The Bertz CT molecular complexity index is 1120. The van der Waals surface area contributed by atoms with Crippen LogP contribution in [-0.4, -0.2) is 28.3 Å². The molecule has 0 aliphatic heterocycles. The topological polar surface area (TPSA) is 73.2 Å². The molecule has 2 heterocycles. The molecule has 152 valence electrons. The third-order valence-electron chi connectivity index (χ3n) is 4.92. The van der Waals surface area contributed by atoms with E-state index in [1.165, 1.54) is 22.2 Å². The second-order valence-electron chi connectivity index (χ2n) is 6.96. The van der Waals surface area contributed by atoms with E-state index in [0.29, 0.717) is 23.1 Å². The zero-order chi connectivity index (χ0) is 20.4. The summed E-state index contributed by atoms with van der Waals surface area (Å²) in [6.07, 6.45) is 3.96. The number of thiophene rings is 1. The lowest BCUT2D eigenvalue weighted by atomic mass is 10.2. The molecule has 2 aromatic heterocycles. The maximum atomic E-state index is 13.2. The quantitative estimate of drug-likeness (QED) is 0.452. The number of methoxy groups -OCH3 is 1. The number of aryl methyl sites for hydroxylation is 2. The molecule has 1 amide bonds. The number of hydrogen-bond acceptors (Lipinski definition) is 6. The Morgan fingerprint density at radius 1 is 1.38 bits per heavy atom. The van der Waals surface area contributed by atoms with Gasteiger partial charge in [-0.2, -0.15) is 0 Å². The number of thioether (sulfide) groups is 1. The van der Waals surface area contributed by atoms with Gasteiger partial charge in [-0.15, -0.1) is 11.3 Å². The first-order valence-corrected chi connectivity index (χ1v) is 11.5. The van der Waals surface area contributed by atoms with Gasteiger partial charge in [0.25, 0.3) is 5.56 Å². The van der Waals surface area contributed by atoms with Crippen LogP contribution in [0.5, 0.6) is 5.75 Å². The highest BCUT2D eigenvalue weighted by atomic mass is 32.2. The molecular weight excluding hydrogens is 406 g/mol. The monoisotopic (exact) mass is 429 g/mol. The lowest BCUT2D eigenvalue weighted by Gasteiger charge is -2.12. The van der Waals surface area contributed by atoms with Crippen molar-refractivity contribution in [3.8, 4) is 5.75 Å². The zero-order valence-electron chi connectivity index (χ0n) is 16.5. The van der Waals surface area contributed by atoms with Crippen molar-refractivity contribution in [3.05, 3.63) is 45.1 Å². The van der Waals surface area contributed by atoms with E-state index in [0.717, 1.165) is 35.9 Å². The highest BCUT2D eigenvalue weighted by Crippen LogP contribution is 2.35. The van der Waals surface area contributed by atoms with E-state index in [1.54, 1.807) is 29.1 Å². The molecular formula is C21H23N3O3S2. The summed E-state index contributed by atoms with van der Waals surface area (Å²) < 4.78 is 6.92. The number of anilines is 1. The van der Waals surface area contributed by atoms with Gasteiger partial charge in [-0.25, -0.2) is 4.98 Å². The third-order valence-corrected chi connectivity index (χ3v) is 7.08. The van der Waals surface area contributed by atoms with Crippen molar-refractivity contribution < 1.29 is 9.53 Å². The minimum Gasteiger partial charge on any atom is -0.497 e. The van der Waals surface area contributed by atoms with Gasteiger partial charge in [0.2, 0.25) is 5.91 Å². The maximum absolute atomic E-state index is 13.2. The predicted molar refractivity (Wildman–Crippen MR) is 119 cm³/mol. The molecule has 4 rings (SSSR count). The van der Waals surface area contributed by atoms with Crippen molar-refractivity contribution in [2.24, 2.45) is 0 Å². The summed E-state index contributed by atoms with van der Waals surface area (Å²) in [5.74, 6) is 0.726. The SMILES string of the molecule is CCCn1c(SCC(=O)Nc2cccc(OC)c2)nc2sc3c(c2c1=O)CCC3. The van der Waals surface area contributed by atoms with E-state index in [2.05, 4.69) is 5.32 Å². The van der Waals surface area contributed by atoms with Crippen molar-refractivity contribution in [2.45, 2.75) is 44.3 Å². The Kier molecular flexibility index (Phi) is 5.91. The lowest BCUT2D eigenvalue weighted by Crippen LogP contribution is -2.24. The number of nitrogens with zero attached hydrogens (tertiary/aromatic N) is 2. The molecule has 1 aromatic carbocycles. The van der Waals surface area contributed by atoms with Crippen LogP contribution in [0.2, 0.25) is 0 Å². The Hall–Kier alpha value is -2.32. The van der Waals surface area contributed by atoms with E-state index in [4.69, 9.17) is 9.72 Å². The van der Waals surface area contributed by atoms with Gasteiger partial charge in [-0.3, -0.25) is 14.2 Å². The molecule has 0 saturated carbocycles. The Labute approximate surface area is 177 Å².